The fourth-order valence-electron chi connectivity index (χ4n) is 5.21. The normalized spacial score (nSPS) is 17.5. The first-order chi connectivity index (χ1) is 15.6. The van der Waals surface area contributed by atoms with Crippen molar-refractivity contribution in [2.24, 2.45) is 0 Å². The molecule has 1 N–H and O–H groups in total. The maximum atomic E-state index is 13.6. The van der Waals surface area contributed by atoms with E-state index in [2.05, 4.69) is 24.4 Å². The number of carbonyl (C=O) groups excluding carboxylic acids is 1. The fourth-order valence-corrected chi connectivity index (χ4v) is 6.79. The number of thiophene rings is 1. The second kappa shape index (κ2) is 8.62. The standard InChI is InChI=1S/C27H30N2O2S/c1-17-12-13-22(18(2)16-17)28-27(30)29-15-14-20-19-8-5-7-11-24(19)32-26(20)25(29)21-9-4-6-10-23(21)31-3/h4,6,9-10,12-13,16,25H,5,7-8,11,14-15H2,1-3H3,(H,28,30). The summed E-state index contributed by atoms with van der Waals surface area (Å²) in [5, 5.41) is 3.19. The van der Waals surface area contributed by atoms with Crippen molar-refractivity contribution in [1.29, 1.82) is 0 Å². The van der Waals surface area contributed by atoms with Crippen molar-refractivity contribution in [3.63, 3.8) is 0 Å². The number of methoxy groups -OCH3 is 1. The molecule has 4 nitrogen and oxygen atoms in total. The summed E-state index contributed by atoms with van der Waals surface area (Å²) in [4.78, 5) is 18.5. The van der Waals surface area contributed by atoms with Crippen LogP contribution >= 0.6 is 11.3 Å². The molecule has 2 amide bonds. The number of benzene rings is 2. The highest BCUT2D eigenvalue weighted by Crippen LogP contribution is 2.47. The number of ether oxygens (including phenoxy) is 1. The van der Waals surface area contributed by atoms with Gasteiger partial charge in [-0.2, -0.15) is 0 Å². The van der Waals surface area contributed by atoms with E-state index < -0.39 is 0 Å². The summed E-state index contributed by atoms with van der Waals surface area (Å²) in [6.07, 6.45) is 5.80. The quantitative estimate of drug-likeness (QED) is 0.503. The first kappa shape index (κ1) is 21.1. The molecule has 0 saturated heterocycles. The predicted molar refractivity (Wildman–Crippen MR) is 131 cm³/mol. The summed E-state index contributed by atoms with van der Waals surface area (Å²) in [7, 11) is 1.71. The van der Waals surface area contributed by atoms with Gasteiger partial charge in [-0.05, 0) is 74.8 Å². The van der Waals surface area contributed by atoms with Crippen LogP contribution in [0.1, 0.15) is 56.5 Å². The first-order valence-corrected chi connectivity index (χ1v) is 12.3. The predicted octanol–water partition coefficient (Wildman–Crippen LogP) is 6.43. The Bertz CT molecular complexity index is 1170. The number of hydrogen-bond donors (Lipinski definition) is 1. The van der Waals surface area contributed by atoms with Crippen LogP contribution in [0.15, 0.2) is 42.5 Å². The molecule has 32 heavy (non-hydrogen) atoms. The summed E-state index contributed by atoms with van der Waals surface area (Å²) >= 11 is 1.92. The molecule has 1 unspecified atom stereocenters. The summed E-state index contributed by atoms with van der Waals surface area (Å²) in [5.41, 5.74) is 7.25. The van der Waals surface area contributed by atoms with Gasteiger partial charge in [0.1, 0.15) is 5.75 Å². The number of hydrogen-bond acceptors (Lipinski definition) is 3. The number of nitrogens with one attached hydrogen (secondary N) is 1. The Kier molecular flexibility index (Phi) is 5.68. The minimum absolute atomic E-state index is 0.0510. The van der Waals surface area contributed by atoms with E-state index in [1.807, 2.05) is 53.5 Å². The van der Waals surface area contributed by atoms with Gasteiger partial charge in [0.2, 0.25) is 0 Å². The Balaban J connectivity index is 1.57. The second-order valence-electron chi connectivity index (χ2n) is 8.89. The van der Waals surface area contributed by atoms with E-state index in [0.29, 0.717) is 6.54 Å². The van der Waals surface area contributed by atoms with Crippen LogP contribution < -0.4 is 10.1 Å². The third-order valence-electron chi connectivity index (χ3n) is 6.79. The molecule has 1 atom stereocenters. The average Bonchev–Trinajstić information content (AvgIpc) is 3.19. The summed E-state index contributed by atoms with van der Waals surface area (Å²) < 4.78 is 5.74. The van der Waals surface area contributed by atoms with Gasteiger partial charge in [0.05, 0.1) is 13.2 Å². The number of aryl methyl sites for hydroxylation is 3. The Labute approximate surface area is 194 Å². The highest BCUT2D eigenvalue weighted by molar-refractivity contribution is 7.12. The van der Waals surface area contributed by atoms with Gasteiger partial charge in [0.15, 0.2) is 0 Å². The lowest BCUT2D eigenvalue weighted by atomic mass is 9.88. The van der Waals surface area contributed by atoms with Gasteiger partial charge in [-0.3, -0.25) is 0 Å². The van der Waals surface area contributed by atoms with Crippen LogP contribution in [0.4, 0.5) is 10.5 Å². The third kappa shape index (κ3) is 3.69. The number of para-hydroxylation sites is 1. The van der Waals surface area contributed by atoms with Crippen LogP contribution in [0.2, 0.25) is 0 Å². The van der Waals surface area contributed by atoms with E-state index >= 15 is 0 Å². The van der Waals surface area contributed by atoms with Gasteiger partial charge in [0.25, 0.3) is 0 Å². The molecule has 1 aliphatic heterocycles. The van der Waals surface area contributed by atoms with E-state index in [1.54, 1.807) is 12.7 Å². The number of carbonyl (C=O) groups is 1. The van der Waals surface area contributed by atoms with Crippen LogP contribution in [0, 0.1) is 13.8 Å². The van der Waals surface area contributed by atoms with Gasteiger partial charge in [0, 0.05) is 27.5 Å². The van der Waals surface area contributed by atoms with Crippen molar-refractivity contribution in [2.45, 2.75) is 52.0 Å². The highest BCUT2D eigenvalue weighted by Gasteiger charge is 2.37. The first-order valence-electron chi connectivity index (χ1n) is 11.5. The van der Waals surface area contributed by atoms with Gasteiger partial charge < -0.3 is 15.0 Å². The largest absolute Gasteiger partial charge is 0.496 e. The number of rotatable bonds is 3. The van der Waals surface area contributed by atoms with Crippen molar-refractivity contribution in [2.75, 3.05) is 19.0 Å². The molecule has 166 valence electrons. The molecule has 2 aliphatic rings. The molecular formula is C27H30N2O2S. The van der Waals surface area contributed by atoms with Crippen LogP contribution in [0.25, 0.3) is 0 Å². The molecule has 3 aromatic rings. The lowest BCUT2D eigenvalue weighted by Gasteiger charge is -2.37. The molecule has 2 heterocycles. The fraction of sp³-hybridized carbons (Fsp3) is 0.370. The number of amides is 2. The van der Waals surface area contributed by atoms with Gasteiger partial charge in [-0.15, -0.1) is 11.3 Å². The zero-order valence-electron chi connectivity index (χ0n) is 19.0. The Hall–Kier alpha value is -2.79. The van der Waals surface area contributed by atoms with Gasteiger partial charge >= 0.3 is 6.03 Å². The van der Waals surface area contributed by atoms with E-state index in [1.165, 1.54) is 46.6 Å². The molecule has 0 spiro atoms. The van der Waals surface area contributed by atoms with Crippen LogP contribution in [0.5, 0.6) is 5.75 Å². The molecular weight excluding hydrogens is 416 g/mol. The van der Waals surface area contributed by atoms with Crippen molar-refractivity contribution in [3.05, 3.63) is 80.0 Å². The molecule has 0 bridgehead atoms. The zero-order valence-corrected chi connectivity index (χ0v) is 19.8. The minimum atomic E-state index is -0.128. The Morgan fingerprint density at radius 2 is 1.88 bits per heavy atom. The maximum absolute atomic E-state index is 13.6. The van der Waals surface area contributed by atoms with Gasteiger partial charge in [-0.1, -0.05) is 35.9 Å². The van der Waals surface area contributed by atoms with Crippen molar-refractivity contribution in [1.82, 2.24) is 4.90 Å². The van der Waals surface area contributed by atoms with Crippen molar-refractivity contribution >= 4 is 23.1 Å². The Morgan fingerprint density at radius 3 is 2.69 bits per heavy atom. The molecule has 1 aliphatic carbocycles. The lowest BCUT2D eigenvalue weighted by molar-refractivity contribution is 0.194. The zero-order chi connectivity index (χ0) is 22.2. The molecule has 1 aromatic heterocycles. The smallest absolute Gasteiger partial charge is 0.322 e. The third-order valence-corrected chi connectivity index (χ3v) is 8.18. The number of anilines is 1. The minimum Gasteiger partial charge on any atom is -0.496 e. The molecule has 0 saturated carbocycles. The van der Waals surface area contributed by atoms with Gasteiger partial charge in [-0.25, -0.2) is 4.79 Å². The maximum Gasteiger partial charge on any atom is 0.322 e. The van der Waals surface area contributed by atoms with Crippen molar-refractivity contribution in [3.8, 4) is 5.75 Å². The summed E-state index contributed by atoms with van der Waals surface area (Å²) in [6.45, 7) is 4.82. The molecule has 5 rings (SSSR count). The molecule has 5 heteroatoms. The molecule has 0 fully saturated rings. The van der Waals surface area contributed by atoms with E-state index in [9.17, 15) is 4.79 Å². The molecule has 0 radical (unpaired) electrons. The SMILES string of the molecule is COc1ccccc1C1c2sc3c(c2CCN1C(=O)Nc1ccc(C)cc1C)CCCC3. The van der Waals surface area contributed by atoms with E-state index in [0.717, 1.165) is 29.0 Å². The summed E-state index contributed by atoms with van der Waals surface area (Å²) in [5.74, 6) is 0.834. The monoisotopic (exact) mass is 446 g/mol. The van der Waals surface area contributed by atoms with Crippen LogP contribution in [-0.2, 0) is 19.3 Å². The average molecular weight is 447 g/mol. The Morgan fingerprint density at radius 1 is 1.06 bits per heavy atom. The second-order valence-corrected chi connectivity index (χ2v) is 10.0. The van der Waals surface area contributed by atoms with Crippen LogP contribution in [-0.4, -0.2) is 24.6 Å². The van der Waals surface area contributed by atoms with Crippen LogP contribution in [0.3, 0.4) is 0 Å². The number of nitrogens with zero attached hydrogens (tertiary/aromatic N) is 1. The highest BCUT2D eigenvalue weighted by atomic mass is 32.1. The summed E-state index contributed by atoms with van der Waals surface area (Å²) in [6, 6.07) is 14.1. The van der Waals surface area contributed by atoms with E-state index in [-0.39, 0.29) is 12.1 Å². The van der Waals surface area contributed by atoms with E-state index in [4.69, 9.17) is 4.74 Å². The van der Waals surface area contributed by atoms with Crippen molar-refractivity contribution < 1.29 is 9.53 Å². The lowest BCUT2D eigenvalue weighted by Crippen LogP contribution is -2.42. The number of urea groups is 1. The molecule has 2 aromatic carbocycles. The number of fused-ring (bicyclic) bond motifs is 3. The topological polar surface area (TPSA) is 41.6 Å².